The van der Waals surface area contributed by atoms with Gasteiger partial charge in [-0.15, -0.1) is 6.58 Å². The van der Waals surface area contributed by atoms with Crippen LogP contribution in [0.25, 0.3) is 0 Å². The average molecular weight is 113 g/mol. The van der Waals surface area contributed by atoms with Gasteiger partial charge in [-0.2, -0.15) is 0 Å². The van der Waals surface area contributed by atoms with Crippen molar-refractivity contribution in [3.8, 4) is 0 Å². The van der Waals surface area contributed by atoms with Crippen LogP contribution in [0.1, 0.15) is 0 Å². The van der Waals surface area contributed by atoms with Gasteiger partial charge in [0.05, 0.1) is 6.61 Å². The molecule has 0 aliphatic carbocycles. The van der Waals surface area contributed by atoms with E-state index in [1.165, 1.54) is 0 Å². The first kappa shape index (κ1) is 5.79. The second-order valence-electron chi connectivity index (χ2n) is 2.02. The van der Waals surface area contributed by atoms with E-state index in [0.29, 0.717) is 6.04 Å². The third-order valence-corrected chi connectivity index (χ3v) is 1.42. The van der Waals surface area contributed by atoms with E-state index in [1.54, 1.807) is 0 Å². The predicted molar refractivity (Wildman–Crippen MR) is 32.6 cm³/mol. The minimum Gasteiger partial charge on any atom is -0.395 e. The maximum absolute atomic E-state index is 8.41. The first-order chi connectivity index (χ1) is 3.88. The predicted octanol–water partition coefficient (Wildman–Crippen LogP) is -0.151. The molecule has 46 valence electrons. The van der Waals surface area contributed by atoms with Crippen LogP contribution < -0.4 is 0 Å². The van der Waals surface area contributed by atoms with Gasteiger partial charge in [0.2, 0.25) is 0 Å². The Labute approximate surface area is 49.4 Å². The lowest BCUT2D eigenvalue weighted by atomic mass is 10.5. The fraction of sp³-hybridized carbons (Fsp3) is 0.667. The maximum atomic E-state index is 8.41. The van der Waals surface area contributed by atoms with E-state index in [1.807, 2.05) is 6.08 Å². The van der Waals surface area contributed by atoms with E-state index < -0.39 is 0 Å². The molecule has 2 unspecified atom stereocenters. The summed E-state index contributed by atoms with van der Waals surface area (Å²) in [5.74, 6) is 0. The van der Waals surface area contributed by atoms with Crippen molar-refractivity contribution in [2.45, 2.75) is 6.04 Å². The summed E-state index contributed by atoms with van der Waals surface area (Å²) in [5.41, 5.74) is 0. The van der Waals surface area contributed by atoms with Crippen LogP contribution in [0.15, 0.2) is 12.7 Å². The third kappa shape index (κ3) is 1.08. The summed E-state index contributed by atoms with van der Waals surface area (Å²) in [6.45, 7) is 5.79. The Hall–Kier alpha value is -0.340. The van der Waals surface area contributed by atoms with Crippen LogP contribution >= 0.6 is 0 Å². The fourth-order valence-corrected chi connectivity index (χ4v) is 0.802. The molecule has 1 rings (SSSR count). The van der Waals surface area contributed by atoms with Gasteiger partial charge >= 0.3 is 0 Å². The molecule has 1 aliphatic rings. The van der Waals surface area contributed by atoms with Gasteiger partial charge in [0.25, 0.3) is 0 Å². The van der Waals surface area contributed by atoms with Crippen molar-refractivity contribution in [3.63, 3.8) is 0 Å². The number of rotatable bonds is 3. The van der Waals surface area contributed by atoms with Crippen molar-refractivity contribution < 1.29 is 5.11 Å². The fourth-order valence-electron chi connectivity index (χ4n) is 0.802. The molecule has 1 heterocycles. The molecule has 0 amide bonds. The van der Waals surface area contributed by atoms with Crippen LogP contribution in [-0.2, 0) is 0 Å². The Bertz CT molecular complexity index is 92.5. The second-order valence-corrected chi connectivity index (χ2v) is 2.02. The van der Waals surface area contributed by atoms with Gasteiger partial charge in [-0.25, -0.2) is 0 Å². The first-order valence-electron chi connectivity index (χ1n) is 2.86. The zero-order valence-corrected chi connectivity index (χ0v) is 4.88. The number of hydrogen-bond acceptors (Lipinski definition) is 2. The second kappa shape index (κ2) is 2.29. The number of aliphatic hydroxyl groups excluding tert-OH is 1. The van der Waals surface area contributed by atoms with E-state index in [0.717, 1.165) is 13.1 Å². The number of nitrogens with zero attached hydrogens (tertiary/aromatic N) is 1. The Morgan fingerprint density at radius 3 is 3.00 bits per heavy atom. The lowest BCUT2D eigenvalue weighted by Gasteiger charge is -1.93. The summed E-state index contributed by atoms with van der Waals surface area (Å²) in [6, 6.07) is 0.558. The van der Waals surface area contributed by atoms with E-state index in [4.69, 9.17) is 5.11 Å². The van der Waals surface area contributed by atoms with Gasteiger partial charge in [0.15, 0.2) is 0 Å². The van der Waals surface area contributed by atoms with Crippen LogP contribution in [0.3, 0.4) is 0 Å². The maximum Gasteiger partial charge on any atom is 0.0558 e. The van der Waals surface area contributed by atoms with E-state index in [9.17, 15) is 0 Å². The van der Waals surface area contributed by atoms with Crippen molar-refractivity contribution in [2.75, 3.05) is 19.7 Å². The van der Waals surface area contributed by atoms with Crippen LogP contribution in [0.5, 0.6) is 0 Å². The molecule has 2 nitrogen and oxygen atoms in total. The molecule has 2 heteroatoms. The topological polar surface area (TPSA) is 23.2 Å². The summed E-state index contributed by atoms with van der Waals surface area (Å²) in [5, 5.41) is 8.41. The molecule has 8 heavy (non-hydrogen) atoms. The molecule has 0 saturated carbocycles. The van der Waals surface area contributed by atoms with Crippen molar-refractivity contribution >= 4 is 0 Å². The van der Waals surface area contributed by atoms with Gasteiger partial charge in [-0.05, 0) is 0 Å². The van der Waals surface area contributed by atoms with Gasteiger partial charge in [-0.1, -0.05) is 6.08 Å². The highest BCUT2D eigenvalue weighted by Crippen LogP contribution is 2.15. The molecule has 1 fully saturated rings. The Kier molecular flexibility index (Phi) is 1.65. The molecular weight excluding hydrogens is 102 g/mol. The molecule has 0 radical (unpaired) electrons. The van der Waals surface area contributed by atoms with E-state index in [-0.39, 0.29) is 6.61 Å². The monoisotopic (exact) mass is 113 g/mol. The van der Waals surface area contributed by atoms with Gasteiger partial charge < -0.3 is 5.11 Å². The zero-order chi connectivity index (χ0) is 5.98. The smallest absolute Gasteiger partial charge is 0.0558 e. The molecule has 0 spiro atoms. The highest BCUT2D eigenvalue weighted by atomic mass is 16.3. The highest BCUT2D eigenvalue weighted by molar-refractivity contribution is 5.01. The summed E-state index contributed by atoms with van der Waals surface area (Å²) in [7, 11) is 0. The number of hydrogen-bond donors (Lipinski definition) is 1. The molecule has 1 aliphatic heterocycles. The first-order valence-corrected chi connectivity index (χ1v) is 2.86. The largest absolute Gasteiger partial charge is 0.395 e. The minimum atomic E-state index is 0.268. The lowest BCUT2D eigenvalue weighted by molar-refractivity contribution is 0.267. The summed E-state index contributed by atoms with van der Waals surface area (Å²) < 4.78 is 0. The van der Waals surface area contributed by atoms with Gasteiger partial charge in [0, 0.05) is 19.1 Å². The quantitative estimate of drug-likeness (QED) is 0.406. The normalized spacial score (nSPS) is 34.6. The standard InChI is InChI=1S/C6H11NO/c1-2-6-5-7(6)3-4-8/h2,6,8H,1,3-5H2. The zero-order valence-electron chi connectivity index (χ0n) is 4.88. The van der Waals surface area contributed by atoms with Crippen LogP contribution in [0, 0.1) is 0 Å². The summed E-state index contributed by atoms with van der Waals surface area (Å²) in [6.07, 6.45) is 1.91. The SMILES string of the molecule is C=CC1CN1CCO. The van der Waals surface area contributed by atoms with E-state index in [2.05, 4.69) is 11.5 Å². The Morgan fingerprint density at radius 2 is 2.62 bits per heavy atom. The van der Waals surface area contributed by atoms with Gasteiger partial charge in [-0.3, -0.25) is 4.90 Å². The Morgan fingerprint density at radius 1 is 1.88 bits per heavy atom. The molecular formula is C6H11NO. The van der Waals surface area contributed by atoms with Crippen molar-refractivity contribution in [1.82, 2.24) is 4.90 Å². The number of aliphatic hydroxyl groups is 1. The van der Waals surface area contributed by atoms with Crippen LogP contribution in [-0.4, -0.2) is 35.7 Å². The third-order valence-electron chi connectivity index (χ3n) is 1.42. The lowest BCUT2D eigenvalue weighted by Crippen LogP contribution is -2.05. The number of β-amino-alcohol motifs (C(OH)–C–C–N with tert-alkyl or cyclic N) is 1. The van der Waals surface area contributed by atoms with Crippen LogP contribution in [0.2, 0.25) is 0 Å². The molecule has 1 saturated heterocycles. The molecule has 0 aromatic heterocycles. The van der Waals surface area contributed by atoms with Crippen molar-refractivity contribution in [3.05, 3.63) is 12.7 Å². The molecule has 1 N–H and O–H groups in total. The van der Waals surface area contributed by atoms with E-state index >= 15 is 0 Å². The minimum absolute atomic E-state index is 0.268. The summed E-state index contributed by atoms with van der Waals surface area (Å²) >= 11 is 0. The van der Waals surface area contributed by atoms with Crippen molar-refractivity contribution in [1.29, 1.82) is 0 Å². The van der Waals surface area contributed by atoms with Crippen molar-refractivity contribution in [2.24, 2.45) is 0 Å². The van der Waals surface area contributed by atoms with Crippen LogP contribution in [0.4, 0.5) is 0 Å². The van der Waals surface area contributed by atoms with Gasteiger partial charge in [0.1, 0.15) is 0 Å². The molecule has 0 aromatic rings. The molecule has 2 atom stereocenters. The average Bonchev–Trinajstić information content (AvgIpc) is 2.48. The highest BCUT2D eigenvalue weighted by Gasteiger charge is 2.29. The Balaban J connectivity index is 2.07. The molecule has 0 aromatic carbocycles. The summed E-state index contributed by atoms with van der Waals surface area (Å²) in [4.78, 5) is 2.16. The molecule has 0 bridgehead atoms.